The Morgan fingerprint density at radius 3 is 2.68 bits per heavy atom. The lowest BCUT2D eigenvalue weighted by molar-refractivity contribution is -0.133. The summed E-state index contributed by atoms with van der Waals surface area (Å²) in [6.45, 7) is 6.52. The van der Waals surface area contributed by atoms with E-state index in [1.807, 2.05) is 35.2 Å². The Morgan fingerprint density at radius 1 is 1.20 bits per heavy atom. The maximum absolute atomic E-state index is 13.9. The van der Waals surface area contributed by atoms with Gasteiger partial charge in [-0.2, -0.15) is 0 Å². The zero-order chi connectivity index (χ0) is 17.6. The molecule has 0 spiro atoms. The molecule has 3 rings (SSSR count). The van der Waals surface area contributed by atoms with Crippen molar-refractivity contribution in [2.75, 3.05) is 26.2 Å². The van der Waals surface area contributed by atoms with Crippen LogP contribution in [0.4, 0.5) is 4.39 Å². The van der Waals surface area contributed by atoms with E-state index in [9.17, 15) is 9.18 Å². The van der Waals surface area contributed by atoms with Crippen molar-refractivity contribution in [2.45, 2.75) is 6.42 Å². The van der Waals surface area contributed by atoms with Crippen LogP contribution >= 0.6 is 0 Å². The highest BCUT2D eigenvalue weighted by atomic mass is 19.1. The van der Waals surface area contributed by atoms with Crippen molar-refractivity contribution in [1.29, 1.82) is 0 Å². The molecule has 1 saturated heterocycles. The molecule has 0 radical (unpaired) electrons. The Morgan fingerprint density at radius 2 is 1.96 bits per heavy atom. The number of amides is 1. The number of rotatable bonds is 5. The van der Waals surface area contributed by atoms with E-state index in [0.29, 0.717) is 31.6 Å². The number of carbonyl (C=O) groups excluding carboxylic acids is 1. The lowest BCUT2D eigenvalue weighted by Crippen LogP contribution is -2.37. The first kappa shape index (κ1) is 17.4. The van der Waals surface area contributed by atoms with Gasteiger partial charge in [-0.3, -0.25) is 4.79 Å². The number of nitrogens with zero attached hydrogens (tertiary/aromatic N) is 1. The molecule has 1 fully saturated rings. The van der Waals surface area contributed by atoms with Crippen LogP contribution in [0.15, 0.2) is 61.2 Å². The first-order chi connectivity index (χ1) is 12.2. The van der Waals surface area contributed by atoms with Gasteiger partial charge in [-0.25, -0.2) is 4.39 Å². The number of carbonyl (C=O) groups is 1. The molecule has 0 saturated carbocycles. The van der Waals surface area contributed by atoms with Crippen molar-refractivity contribution in [3.63, 3.8) is 0 Å². The first-order valence-corrected chi connectivity index (χ1v) is 8.63. The molecule has 2 aromatic carbocycles. The van der Waals surface area contributed by atoms with Crippen molar-refractivity contribution in [1.82, 2.24) is 10.2 Å². The number of halogens is 1. The summed E-state index contributed by atoms with van der Waals surface area (Å²) in [6, 6.07) is 14.6. The van der Waals surface area contributed by atoms with Gasteiger partial charge in [-0.05, 0) is 23.6 Å². The maximum atomic E-state index is 13.9. The molecule has 1 atom stereocenters. The Kier molecular flexibility index (Phi) is 5.61. The number of nitrogens with one attached hydrogen (secondary N) is 1. The second-order valence-electron chi connectivity index (χ2n) is 6.35. The van der Waals surface area contributed by atoms with Gasteiger partial charge in [0, 0.05) is 31.7 Å². The van der Waals surface area contributed by atoms with E-state index in [0.717, 1.165) is 17.7 Å². The molecule has 130 valence electrons. The summed E-state index contributed by atoms with van der Waals surface area (Å²) in [5.41, 5.74) is 2.53. The van der Waals surface area contributed by atoms with Gasteiger partial charge in [0.1, 0.15) is 5.82 Å². The highest BCUT2D eigenvalue weighted by Gasteiger charge is 2.26. The zero-order valence-corrected chi connectivity index (χ0v) is 14.2. The molecule has 0 aromatic heterocycles. The van der Waals surface area contributed by atoms with Gasteiger partial charge >= 0.3 is 0 Å². The van der Waals surface area contributed by atoms with Crippen LogP contribution in [0.3, 0.4) is 0 Å². The van der Waals surface area contributed by atoms with Crippen LogP contribution in [-0.4, -0.2) is 37.0 Å². The van der Waals surface area contributed by atoms with Crippen molar-refractivity contribution in [3.8, 4) is 11.1 Å². The van der Waals surface area contributed by atoms with E-state index in [4.69, 9.17) is 0 Å². The molecule has 4 heteroatoms. The molecule has 0 bridgehead atoms. The maximum Gasteiger partial charge on any atom is 0.227 e. The summed E-state index contributed by atoms with van der Waals surface area (Å²) in [6.07, 6.45) is 2.44. The largest absolute Gasteiger partial charge is 0.337 e. The molecule has 0 aliphatic carbocycles. The van der Waals surface area contributed by atoms with Crippen LogP contribution in [0.25, 0.3) is 11.1 Å². The van der Waals surface area contributed by atoms with E-state index < -0.39 is 0 Å². The minimum Gasteiger partial charge on any atom is -0.337 e. The van der Waals surface area contributed by atoms with Crippen LogP contribution in [0, 0.1) is 11.7 Å². The van der Waals surface area contributed by atoms with Crippen LogP contribution in [0.2, 0.25) is 0 Å². The monoisotopic (exact) mass is 338 g/mol. The van der Waals surface area contributed by atoms with Crippen LogP contribution in [0.5, 0.6) is 0 Å². The average molecular weight is 338 g/mol. The minimum absolute atomic E-state index is 0.0817. The molecule has 1 aliphatic heterocycles. The summed E-state index contributed by atoms with van der Waals surface area (Å²) in [5.74, 6) is -0.136. The van der Waals surface area contributed by atoms with E-state index in [-0.39, 0.29) is 17.6 Å². The Labute approximate surface area is 148 Å². The van der Waals surface area contributed by atoms with Crippen LogP contribution in [0.1, 0.15) is 5.56 Å². The van der Waals surface area contributed by atoms with Crippen LogP contribution < -0.4 is 5.32 Å². The highest BCUT2D eigenvalue weighted by Crippen LogP contribution is 2.23. The van der Waals surface area contributed by atoms with Gasteiger partial charge in [0.15, 0.2) is 0 Å². The predicted molar refractivity (Wildman–Crippen MR) is 98.7 cm³/mol. The highest BCUT2D eigenvalue weighted by molar-refractivity contribution is 5.80. The topological polar surface area (TPSA) is 32.3 Å². The lowest BCUT2D eigenvalue weighted by atomic mass is 9.96. The quantitative estimate of drug-likeness (QED) is 0.849. The fourth-order valence-electron chi connectivity index (χ4n) is 3.24. The number of benzene rings is 2. The standard InChI is InChI=1S/C21H23FN2O/c1-2-12-24-13-11-23-15-18(21(24)25)14-16-7-9-17(10-8-16)19-5-3-4-6-20(19)22/h2-10,18,23H,1,11-15H2/t18-/m0/s1. The molecule has 3 nitrogen and oxygen atoms in total. The molecule has 1 heterocycles. The third kappa shape index (κ3) is 4.15. The number of hydrogen-bond acceptors (Lipinski definition) is 2. The predicted octanol–water partition coefficient (Wildman–Crippen LogP) is 3.27. The third-order valence-corrected chi connectivity index (χ3v) is 4.58. The SMILES string of the molecule is C=CCN1CCNC[C@H](Cc2ccc(-c3ccccc3F)cc2)C1=O. The normalized spacial score (nSPS) is 18.0. The van der Waals surface area contributed by atoms with E-state index in [2.05, 4.69) is 11.9 Å². The zero-order valence-electron chi connectivity index (χ0n) is 14.2. The van der Waals surface area contributed by atoms with Gasteiger partial charge in [-0.15, -0.1) is 6.58 Å². The Bertz CT molecular complexity index is 742. The molecular weight excluding hydrogens is 315 g/mol. The summed E-state index contributed by atoms with van der Waals surface area (Å²) in [7, 11) is 0. The van der Waals surface area contributed by atoms with Crippen molar-refractivity contribution in [3.05, 3.63) is 72.6 Å². The molecule has 1 aliphatic rings. The second-order valence-corrected chi connectivity index (χ2v) is 6.35. The van der Waals surface area contributed by atoms with E-state index >= 15 is 0 Å². The molecule has 2 aromatic rings. The smallest absolute Gasteiger partial charge is 0.227 e. The molecular formula is C21H23FN2O. The molecule has 25 heavy (non-hydrogen) atoms. The fraction of sp³-hybridized carbons (Fsp3) is 0.286. The number of hydrogen-bond donors (Lipinski definition) is 1. The first-order valence-electron chi connectivity index (χ1n) is 8.63. The third-order valence-electron chi connectivity index (χ3n) is 4.58. The summed E-state index contributed by atoms with van der Waals surface area (Å²) < 4.78 is 13.9. The van der Waals surface area contributed by atoms with Crippen molar-refractivity contribution >= 4 is 5.91 Å². The minimum atomic E-state index is -0.224. The summed E-state index contributed by atoms with van der Waals surface area (Å²) >= 11 is 0. The van der Waals surface area contributed by atoms with E-state index in [1.165, 1.54) is 6.07 Å². The van der Waals surface area contributed by atoms with Gasteiger partial charge in [-0.1, -0.05) is 48.5 Å². The van der Waals surface area contributed by atoms with E-state index in [1.54, 1.807) is 18.2 Å². The molecule has 1 N–H and O–H groups in total. The molecule has 0 unspecified atom stereocenters. The van der Waals surface area contributed by atoms with Gasteiger partial charge < -0.3 is 10.2 Å². The Hall–Kier alpha value is -2.46. The summed E-state index contributed by atoms with van der Waals surface area (Å²) in [5, 5.41) is 3.33. The van der Waals surface area contributed by atoms with Gasteiger partial charge in [0.2, 0.25) is 5.91 Å². The van der Waals surface area contributed by atoms with Crippen LogP contribution in [-0.2, 0) is 11.2 Å². The fourth-order valence-corrected chi connectivity index (χ4v) is 3.24. The molecule has 1 amide bonds. The second kappa shape index (κ2) is 8.08. The lowest BCUT2D eigenvalue weighted by Gasteiger charge is -2.22. The summed E-state index contributed by atoms with van der Waals surface area (Å²) in [4.78, 5) is 14.5. The average Bonchev–Trinajstić information content (AvgIpc) is 2.79. The Balaban J connectivity index is 1.73. The van der Waals surface area contributed by atoms with Crippen molar-refractivity contribution < 1.29 is 9.18 Å². The van der Waals surface area contributed by atoms with Gasteiger partial charge in [0.05, 0.1) is 5.92 Å². The van der Waals surface area contributed by atoms with Gasteiger partial charge in [0.25, 0.3) is 0 Å². The van der Waals surface area contributed by atoms with Crippen molar-refractivity contribution in [2.24, 2.45) is 5.92 Å².